The topological polar surface area (TPSA) is 57.2 Å². The van der Waals surface area contributed by atoms with E-state index in [9.17, 15) is 0 Å². The molecule has 6 nitrogen and oxygen atoms in total. The summed E-state index contributed by atoms with van der Waals surface area (Å²) in [6.07, 6.45) is 6.52. The van der Waals surface area contributed by atoms with Crippen molar-refractivity contribution in [1.82, 2.24) is 19.9 Å². The van der Waals surface area contributed by atoms with Gasteiger partial charge in [-0.1, -0.05) is 0 Å². The molecule has 1 saturated heterocycles. The van der Waals surface area contributed by atoms with E-state index in [1.54, 1.807) is 12.4 Å². The largest absolute Gasteiger partial charge is 0.370 e. The van der Waals surface area contributed by atoms with Gasteiger partial charge in [-0.2, -0.15) is 0 Å². The quantitative estimate of drug-likeness (QED) is 0.928. The van der Waals surface area contributed by atoms with Crippen LogP contribution in [-0.4, -0.2) is 60.1 Å². The highest BCUT2D eigenvalue weighted by atomic mass is 35.5. The van der Waals surface area contributed by atoms with Crippen molar-refractivity contribution < 1.29 is 0 Å². The summed E-state index contributed by atoms with van der Waals surface area (Å²) in [5.41, 5.74) is 1.92. The van der Waals surface area contributed by atoms with Gasteiger partial charge in [-0.15, -0.1) is 12.4 Å². The second kappa shape index (κ2) is 8.08. The van der Waals surface area contributed by atoms with Crippen LogP contribution in [0.25, 0.3) is 11.3 Å². The van der Waals surface area contributed by atoms with E-state index in [0.717, 1.165) is 55.5 Å². The molecule has 124 valence electrons. The van der Waals surface area contributed by atoms with Gasteiger partial charge in [-0.05, 0) is 32.1 Å². The van der Waals surface area contributed by atoms with Crippen molar-refractivity contribution in [3.63, 3.8) is 0 Å². The van der Waals surface area contributed by atoms with E-state index in [2.05, 4.69) is 32.1 Å². The summed E-state index contributed by atoms with van der Waals surface area (Å²) in [5.74, 6) is 1.77. The molecule has 0 spiro atoms. The molecule has 0 aliphatic carbocycles. The number of hydrogen-bond donors (Lipinski definition) is 1. The molecule has 1 aliphatic rings. The molecule has 2 aromatic rings. The van der Waals surface area contributed by atoms with Gasteiger partial charge in [0.15, 0.2) is 11.6 Å². The minimum Gasteiger partial charge on any atom is -0.370 e. The Hall–Kier alpha value is -1.92. The molecule has 1 fully saturated rings. The first kappa shape index (κ1) is 17.4. The Kier molecular flexibility index (Phi) is 6.12. The molecule has 3 rings (SSSR count). The van der Waals surface area contributed by atoms with Gasteiger partial charge < -0.3 is 15.1 Å². The Morgan fingerprint density at radius 2 is 1.87 bits per heavy atom. The molecule has 0 unspecified atom stereocenters. The highest BCUT2D eigenvalue weighted by Gasteiger charge is 2.18. The normalized spacial score (nSPS) is 15.7. The second-order valence-corrected chi connectivity index (χ2v) is 5.56. The summed E-state index contributed by atoms with van der Waals surface area (Å²) < 4.78 is 0. The summed E-state index contributed by atoms with van der Waals surface area (Å²) in [6, 6.07) is 3.92. The fourth-order valence-corrected chi connectivity index (χ4v) is 2.70. The summed E-state index contributed by atoms with van der Waals surface area (Å²) in [4.78, 5) is 18.2. The molecule has 1 aliphatic heterocycles. The Morgan fingerprint density at radius 3 is 2.61 bits per heavy atom. The first-order valence-corrected chi connectivity index (χ1v) is 7.66. The van der Waals surface area contributed by atoms with Crippen LogP contribution in [0.2, 0.25) is 0 Å². The minimum absolute atomic E-state index is 0. The lowest BCUT2D eigenvalue weighted by atomic mass is 10.2. The Labute approximate surface area is 143 Å². The van der Waals surface area contributed by atoms with Crippen LogP contribution in [0.15, 0.2) is 30.7 Å². The number of nitrogens with zero attached hydrogens (tertiary/aromatic N) is 5. The highest BCUT2D eigenvalue weighted by molar-refractivity contribution is 5.85. The van der Waals surface area contributed by atoms with Crippen molar-refractivity contribution >= 4 is 24.0 Å². The molecule has 0 radical (unpaired) electrons. The first-order valence-electron chi connectivity index (χ1n) is 7.66. The van der Waals surface area contributed by atoms with Crippen molar-refractivity contribution in [2.45, 2.75) is 6.42 Å². The zero-order chi connectivity index (χ0) is 15.4. The molecular weight excluding hydrogens is 312 g/mol. The van der Waals surface area contributed by atoms with Gasteiger partial charge >= 0.3 is 0 Å². The Bertz CT molecular complexity index is 621. The van der Waals surface area contributed by atoms with Gasteiger partial charge in [0.05, 0.1) is 11.9 Å². The van der Waals surface area contributed by atoms with Crippen molar-refractivity contribution in [3.8, 4) is 11.3 Å². The lowest BCUT2D eigenvalue weighted by Gasteiger charge is -2.24. The van der Waals surface area contributed by atoms with E-state index in [4.69, 9.17) is 4.98 Å². The van der Waals surface area contributed by atoms with Crippen molar-refractivity contribution in [1.29, 1.82) is 0 Å². The maximum atomic E-state index is 4.86. The molecule has 7 heteroatoms. The highest BCUT2D eigenvalue weighted by Crippen LogP contribution is 2.26. The Morgan fingerprint density at radius 1 is 1.09 bits per heavy atom. The summed E-state index contributed by atoms with van der Waals surface area (Å²) in [5, 5.41) is 3.16. The average Bonchev–Trinajstić information content (AvgIpc) is 2.79. The number of halogens is 1. The third kappa shape index (κ3) is 4.09. The van der Waals surface area contributed by atoms with Gasteiger partial charge in [-0.3, -0.25) is 4.98 Å². The third-order valence-electron chi connectivity index (χ3n) is 3.99. The molecule has 1 N–H and O–H groups in total. The standard InChI is InChI=1S/C16H22N6.ClH/c1-17-15-16(22-9-3-8-21(2)10-11-22)20-14(12-19-15)13-4-6-18-7-5-13;/h4-7,12H,3,8-11H2,1-2H3,(H,17,19);1H. The molecule has 0 amide bonds. The molecule has 3 heterocycles. The van der Waals surface area contributed by atoms with Crippen LogP contribution in [0.4, 0.5) is 11.6 Å². The number of hydrogen-bond acceptors (Lipinski definition) is 6. The lowest BCUT2D eigenvalue weighted by Crippen LogP contribution is -2.30. The van der Waals surface area contributed by atoms with E-state index in [1.165, 1.54) is 0 Å². The van der Waals surface area contributed by atoms with E-state index in [-0.39, 0.29) is 12.4 Å². The number of anilines is 2. The summed E-state index contributed by atoms with van der Waals surface area (Å²) in [6.45, 7) is 4.15. The van der Waals surface area contributed by atoms with Gasteiger partial charge in [-0.25, -0.2) is 9.97 Å². The number of rotatable bonds is 3. The summed E-state index contributed by atoms with van der Waals surface area (Å²) >= 11 is 0. The van der Waals surface area contributed by atoms with Crippen LogP contribution < -0.4 is 10.2 Å². The van der Waals surface area contributed by atoms with Crippen LogP contribution in [0.5, 0.6) is 0 Å². The van der Waals surface area contributed by atoms with Gasteiger partial charge in [0.1, 0.15) is 0 Å². The molecule has 0 bridgehead atoms. The maximum absolute atomic E-state index is 4.86. The fourth-order valence-electron chi connectivity index (χ4n) is 2.70. The van der Waals surface area contributed by atoms with Crippen molar-refractivity contribution in [2.24, 2.45) is 0 Å². The number of aromatic nitrogens is 3. The van der Waals surface area contributed by atoms with E-state index < -0.39 is 0 Å². The number of pyridine rings is 1. The minimum atomic E-state index is 0. The van der Waals surface area contributed by atoms with E-state index in [1.807, 2.05) is 25.4 Å². The molecule has 0 aromatic carbocycles. The second-order valence-electron chi connectivity index (χ2n) is 5.56. The van der Waals surface area contributed by atoms with E-state index in [0.29, 0.717) is 0 Å². The molecule has 23 heavy (non-hydrogen) atoms. The van der Waals surface area contributed by atoms with Gasteiger partial charge in [0, 0.05) is 44.6 Å². The first-order chi connectivity index (χ1) is 10.8. The zero-order valence-corrected chi connectivity index (χ0v) is 14.4. The average molecular weight is 335 g/mol. The lowest BCUT2D eigenvalue weighted by molar-refractivity contribution is 0.360. The van der Waals surface area contributed by atoms with E-state index >= 15 is 0 Å². The van der Waals surface area contributed by atoms with Gasteiger partial charge in [0.2, 0.25) is 0 Å². The number of likely N-dealkylation sites (N-methyl/N-ethyl adjacent to an activating group) is 1. The van der Waals surface area contributed by atoms with Crippen LogP contribution in [-0.2, 0) is 0 Å². The van der Waals surface area contributed by atoms with Crippen LogP contribution in [0, 0.1) is 0 Å². The van der Waals surface area contributed by atoms with Crippen LogP contribution >= 0.6 is 12.4 Å². The van der Waals surface area contributed by atoms with Crippen LogP contribution in [0.3, 0.4) is 0 Å². The smallest absolute Gasteiger partial charge is 0.172 e. The number of nitrogens with one attached hydrogen (secondary N) is 1. The van der Waals surface area contributed by atoms with Crippen molar-refractivity contribution in [2.75, 3.05) is 50.5 Å². The zero-order valence-electron chi connectivity index (χ0n) is 13.6. The molecule has 2 aromatic heterocycles. The predicted octanol–water partition coefficient (Wildman–Crippen LogP) is 2.14. The van der Waals surface area contributed by atoms with Crippen molar-refractivity contribution in [3.05, 3.63) is 30.7 Å². The molecule has 0 atom stereocenters. The Balaban J connectivity index is 0.00000192. The molecule has 0 saturated carbocycles. The summed E-state index contributed by atoms with van der Waals surface area (Å²) in [7, 11) is 4.06. The maximum Gasteiger partial charge on any atom is 0.172 e. The predicted molar refractivity (Wildman–Crippen MR) is 96.4 cm³/mol. The fraction of sp³-hybridized carbons (Fsp3) is 0.438. The van der Waals surface area contributed by atoms with Gasteiger partial charge in [0.25, 0.3) is 0 Å². The monoisotopic (exact) mass is 334 g/mol. The van der Waals surface area contributed by atoms with Crippen LogP contribution in [0.1, 0.15) is 6.42 Å². The molecular formula is C16H23ClN6. The SMILES string of the molecule is CNc1ncc(-c2ccncc2)nc1N1CCCN(C)CC1.Cl. The third-order valence-corrected chi connectivity index (χ3v) is 3.99.